The first-order valence-corrected chi connectivity index (χ1v) is 8.27. The van der Waals surface area contributed by atoms with E-state index in [0.717, 1.165) is 29.7 Å². The van der Waals surface area contributed by atoms with Crippen molar-refractivity contribution in [3.8, 4) is 5.88 Å². The molecule has 0 aliphatic rings. The molecule has 0 radical (unpaired) electrons. The Morgan fingerprint density at radius 2 is 1.96 bits per heavy atom. The van der Waals surface area contributed by atoms with Crippen molar-refractivity contribution < 1.29 is 9.66 Å². The maximum Gasteiger partial charge on any atom is 0.331 e. The minimum Gasteiger partial charge on any atom is -0.476 e. The fraction of sp³-hybridized carbons (Fsp3) is 0.471. The second-order valence-electron chi connectivity index (χ2n) is 6.02. The van der Waals surface area contributed by atoms with Crippen molar-refractivity contribution in [3.05, 3.63) is 39.2 Å². The summed E-state index contributed by atoms with van der Waals surface area (Å²) in [6, 6.07) is 1.59. The van der Waals surface area contributed by atoms with Crippen molar-refractivity contribution in [2.75, 3.05) is 18.6 Å². The van der Waals surface area contributed by atoms with E-state index in [9.17, 15) is 10.1 Å². The van der Waals surface area contributed by atoms with Crippen molar-refractivity contribution in [2.24, 2.45) is 0 Å². The van der Waals surface area contributed by atoms with Gasteiger partial charge in [-0.1, -0.05) is 27.2 Å². The van der Waals surface area contributed by atoms with Gasteiger partial charge in [0.05, 0.1) is 17.7 Å². The maximum absolute atomic E-state index is 10.9. The summed E-state index contributed by atoms with van der Waals surface area (Å²) in [5.41, 5.74) is 13.2. The Balaban J connectivity index is 0.000000314. The van der Waals surface area contributed by atoms with Gasteiger partial charge in [-0.3, -0.25) is 10.1 Å². The van der Waals surface area contributed by atoms with E-state index in [1.807, 2.05) is 27.7 Å². The van der Waals surface area contributed by atoms with Crippen LogP contribution in [0.3, 0.4) is 0 Å². The topological polar surface area (TPSA) is 143 Å². The van der Waals surface area contributed by atoms with Crippen LogP contribution in [-0.2, 0) is 6.42 Å². The molecule has 0 unspecified atom stereocenters. The van der Waals surface area contributed by atoms with Crippen LogP contribution < -0.4 is 16.2 Å². The molecule has 0 aromatic carbocycles. The normalized spacial score (nSPS) is 10.2. The summed E-state index contributed by atoms with van der Waals surface area (Å²) in [4.78, 5) is 22.2. The fourth-order valence-corrected chi connectivity index (χ4v) is 2.26. The highest BCUT2D eigenvalue weighted by atomic mass is 16.6. The van der Waals surface area contributed by atoms with E-state index in [-0.39, 0.29) is 23.4 Å². The highest BCUT2D eigenvalue weighted by Crippen LogP contribution is 2.30. The van der Waals surface area contributed by atoms with Gasteiger partial charge in [-0.2, -0.15) is 4.98 Å². The molecule has 0 saturated heterocycles. The second kappa shape index (κ2) is 9.50. The molecular formula is C17H26N6O3. The Hall–Kier alpha value is -2.97. The summed E-state index contributed by atoms with van der Waals surface area (Å²) in [6.45, 7) is 7.91. The standard InChI is InChI=1S/C12H18N2O3.C5H8N4/c1-5-6-9-7-10(14(15)16)12(17-4)13-11(9)8(2)3;1-3-2-8-5(7)9-4(3)6/h7-8H,5-6H2,1-4H3;2H,1H3,(H4,6,7,8,9). The number of nitro groups is 1. The molecular weight excluding hydrogens is 336 g/mol. The third-order valence-corrected chi connectivity index (χ3v) is 3.57. The van der Waals surface area contributed by atoms with Crippen LogP contribution in [0.2, 0.25) is 0 Å². The molecule has 2 aromatic heterocycles. The average molecular weight is 362 g/mol. The van der Waals surface area contributed by atoms with E-state index in [0.29, 0.717) is 5.82 Å². The number of nitrogen functional groups attached to an aromatic ring is 2. The van der Waals surface area contributed by atoms with Crippen LogP contribution in [0.15, 0.2) is 12.3 Å². The number of aromatic nitrogens is 3. The molecule has 0 fully saturated rings. The van der Waals surface area contributed by atoms with Crippen LogP contribution in [-0.4, -0.2) is 27.0 Å². The summed E-state index contributed by atoms with van der Waals surface area (Å²) in [5.74, 6) is 0.991. The third kappa shape index (κ3) is 5.54. The lowest BCUT2D eigenvalue weighted by atomic mass is 10.00. The highest BCUT2D eigenvalue weighted by Gasteiger charge is 2.21. The number of ether oxygens (including phenoxy) is 1. The zero-order chi connectivity index (χ0) is 19.9. The lowest BCUT2D eigenvalue weighted by Gasteiger charge is -2.12. The lowest BCUT2D eigenvalue weighted by Crippen LogP contribution is -2.05. The minimum atomic E-state index is -0.449. The predicted molar refractivity (Wildman–Crippen MR) is 101 cm³/mol. The molecule has 0 aliphatic heterocycles. The first-order valence-electron chi connectivity index (χ1n) is 8.27. The van der Waals surface area contributed by atoms with E-state index in [4.69, 9.17) is 16.2 Å². The molecule has 9 nitrogen and oxygen atoms in total. The van der Waals surface area contributed by atoms with Gasteiger partial charge >= 0.3 is 5.69 Å². The quantitative estimate of drug-likeness (QED) is 0.610. The molecule has 0 atom stereocenters. The number of hydrogen-bond donors (Lipinski definition) is 2. The summed E-state index contributed by atoms with van der Waals surface area (Å²) < 4.78 is 4.98. The molecule has 0 bridgehead atoms. The first kappa shape index (κ1) is 21.1. The molecule has 9 heteroatoms. The number of pyridine rings is 1. The predicted octanol–water partition coefficient (Wildman–Crippen LogP) is 3.02. The Bertz CT molecular complexity index is 764. The van der Waals surface area contributed by atoms with E-state index in [1.54, 1.807) is 12.3 Å². The largest absolute Gasteiger partial charge is 0.476 e. The number of anilines is 2. The van der Waals surface area contributed by atoms with Gasteiger partial charge in [-0.05, 0) is 24.8 Å². The Morgan fingerprint density at radius 1 is 1.31 bits per heavy atom. The molecule has 4 N–H and O–H groups in total. The first-order chi connectivity index (χ1) is 12.2. The van der Waals surface area contributed by atoms with Crippen LogP contribution in [0.5, 0.6) is 5.88 Å². The van der Waals surface area contributed by atoms with Crippen LogP contribution in [0.25, 0.3) is 0 Å². The molecule has 2 aromatic rings. The molecule has 2 heterocycles. The van der Waals surface area contributed by atoms with Crippen molar-refractivity contribution >= 4 is 17.5 Å². The smallest absolute Gasteiger partial charge is 0.331 e. The molecule has 0 aliphatic carbocycles. The number of nitrogens with two attached hydrogens (primary N) is 2. The fourth-order valence-electron chi connectivity index (χ4n) is 2.26. The van der Waals surface area contributed by atoms with Gasteiger partial charge in [-0.25, -0.2) is 9.97 Å². The van der Waals surface area contributed by atoms with Gasteiger partial charge in [0.25, 0.3) is 5.88 Å². The van der Waals surface area contributed by atoms with E-state index in [1.165, 1.54) is 7.11 Å². The van der Waals surface area contributed by atoms with Crippen molar-refractivity contribution in [2.45, 2.75) is 46.5 Å². The summed E-state index contributed by atoms with van der Waals surface area (Å²) in [6.07, 6.45) is 3.33. The molecule has 2 rings (SSSR count). The van der Waals surface area contributed by atoms with Crippen LogP contribution in [0.4, 0.5) is 17.5 Å². The third-order valence-electron chi connectivity index (χ3n) is 3.57. The van der Waals surface area contributed by atoms with E-state index >= 15 is 0 Å². The second-order valence-corrected chi connectivity index (χ2v) is 6.02. The summed E-state index contributed by atoms with van der Waals surface area (Å²) >= 11 is 0. The van der Waals surface area contributed by atoms with Crippen molar-refractivity contribution in [1.82, 2.24) is 15.0 Å². The van der Waals surface area contributed by atoms with Gasteiger partial charge < -0.3 is 16.2 Å². The van der Waals surface area contributed by atoms with Crippen LogP contribution >= 0.6 is 0 Å². The Kier molecular flexibility index (Phi) is 7.70. The van der Waals surface area contributed by atoms with Crippen LogP contribution in [0, 0.1) is 17.0 Å². The van der Waals surface area contributed by atoms with Crippen molar-refractivity contribution in [3.63, 3.8) is 0 Å². The van der Waals surface area contributed by atoms with E-state index < -0.39 is 4.92 Å². The average Bonchev–Trinajstić information content (AvgIpc) is 2.58. The number of nitrogens with zero attached hydrogens (tertiary/aromatic N) is 4. The molecule has 0 saturated carbocycles. The highest BCUT2D eigenvalue weighted by molar-refractivity contribution is 5.46. The number of hydrogen-bond acceptors (Lipinski definition) is 8. The number of rotatable bonds is 5. The molecule has 142 valence electrons. The number of methoxy groups -OCH3 is 1. The van der Waals surface area contributed by atoms with Crippen LogP contribution in [0.1, 0.15) is 49.9 Å². The van der Waals surface area contributed by atoms with Crippen molar-refractivity contribution in [1.29, 1.82) is 0 Å². The zero-order valence-corrected chi connectivity index (χ0v) is 15.8. The number of aryl methyl sites for hydroxylation is 2. The van der Waals surface area contributed by atoms with E-state index in [2.05, 4.69) is 15.0 Å². The van der Waals surface area contributed by atoms with Gasteiger partial charge in [0, 0.05) is 17.8 Å². The summed E-state index contributed by atoms with van der Waals surface area (Å²) in [7, 11) is 1.40. The zero-order valence-electron chi connectivity index (χ0n) is 15.8. The SMILES string of the molecule is CCCc1cc([N+](=O)[O-])c(OC)nc1C(C)C.Cc1cnc(N)nc1N. The van der Waals surface area contributed by atoms with Gasteiger partial charge in [0.1, 0.15) is 5.82 Å². The maximum atomic E-state index is 10.9. The Labute approximate surface area is 153 Å². The molecule has 0 spiro atoms. The molecule has 0 amide bonds. The monoisotopic (exact) mass is 362 g/mol. The lowest BCUT2D eigenvalue weighted by molar-refractivity contribution is -0.386. The summed E-state index contributed by atoms with van der Waals surface area (Å²) in [5, 5.41) is 10.9. The molecule has 26 heavy (non-hydrogen) atoms. The van der Waals surface area contributed by atoms with Gasteiger partial charge in [-0.15, -0.1) is 0 Å². The van der Waals surface area contributed by atoms with Gasteiger partial charge in [0.15, 0.2) is 0 Å². The minimum absolute atomic E-state index is 0.0552. The van der Waals surface area contributed by atoms with Gasteiger partial charge in [0.2, 0.25) is 5.95 Å². The Morgan fingerprint density at radius 3 is 2.38 bits per heavy atom.